The summed E-state index contributed by atoms with van der Waals surface area (Å²) >= 11 is 7.46. The Hall–Kier alpha value is -2.17. The second-order valence-corrected chi connectivity index (χ2v) is 7.83. The van der Waals surface area contributed by atoms with Gasteiger partial charge in [0.2, 0.25) is 5.91 Å². The quantitative estimate of drug-likeness (QED) is 0.398. The second kappa shape index (κ2) is 9.67. The summed E-state index contributed by atoms with van der Waals surface area (Å²) in [6.45, 7) is 2.92. The van der Waals surface area contributed by atoms with E-state index in [-0.39, 0.29) is 11.2 Å². The van der Waals surface area contributed by atoms with E-state index in [4.69, 9.17) is 16.3 Å². The molecule has 0 aliphatic heterocycles. The largest absolute Gasteiger partial charge is 0.492 e. The molecular formula is C22H22ClNO2S. The summed E-state index contributed by atoms with van der Waals surface area (Å²) in [5, 5.41) is 5.85. The van der Waals surface area contributed by atoms with Gasteiger partial charge in [0.05, 0.1) is 11.8 Å². The number of carbonyl (C=O) groups excluding carboxylic acids is 1. The molecule has 1 atom stereocenters. The van der Waals surface area contributed by atoms with E-state index in [9.17, 15) is 4.79 Å². The fourth-order valence-corrected chi connectivity index (χ4v) is 3.82. The van der Waals surface area contributed by atoms with Gasteiger partial charge < -0.3 is 10.1 Å². The van der Waals surface area contributed by atoms with E-state index in [1.807, 2.05) is 61.5 Å². The Bertz CT molecular complexity index is 898. The molecular weight excluding hydrogens is 378 g/mol. The number of fused-ring (bicyclic) bond motifs is 1. The van der Waals surface area contributed by atoms with Crippen LogP contribution in [0.4, 0.5) is 0 Å². The first-order valence-corrected chi connectivity index (χ1v) is 10.2. The Kier molecular flexibility index (Phi) is 7.02. The van der Waals surface area contributed by atoms with Crippen LogP contribution in [0.15, 0.2) is 71.6 Å². The predicted octanol–water partition coefficient (Wildman–Crippen LogP) is 5.56. The molecule has 0 saturated heterocycles. The van der Waals surface area contributed by atoms with Gasteiger partial charge in [0, 0.05) is 9.92 Å². The molecule has 27 heavy (non-hydrogen) atoms. The highest BCUT2D eigenvalue weighted by molar-refractivity contribution is 8.00. The molecule has 1 amide bonds. The van der Waals surface area contributed by atoms with Crippen molar-refractivity contribution < 1.29 is 9.53 Å². The number of halogens is 1. The molecule has 1 N–H and O–H groups in total. The normalized spacial score (nSPS) is 11.9. The van der Waals surface area contributed by atoms with E-state index in [0.717, 1.165) is 22.5 Å². The molecule has 0 fully saturated rings. The first kappa shape index (κ1) is 19.6. The molecule has 0 bridgehead atoms. The molecule has 0 spiro atoms. The van der Waals surface area contributed by atoms with E-state index >= 15 is 0 Å². The van der Waals surface area contributed by atoms with Crippen LogP contribution in [-0.2, 0) is 4.79 Å². The highest BCUT2D eigenvalue weighted by Gasteiger charge is 2.17. The third-order valence-corrected chi connectivity index (χ3v) is 5.77. The van der Waals surface area contributed by atoms with E-state index < -0.39 is 0 Å². The lowest BCUT2D eigenvalue weighted by atomic mass is 10.1. The van der Waals surface area contributed by atoms with Gasteiger partial charge in [-0.25, -0.2) is 0 Å². The first-order chi connectivity index (χ1) is 13.2. The Morgan fingerprint density at radius 3 is 2.56 bits per heavy atom. The number of benzene rings is 3. The summed E-state index contributed by atoms with van der Waals surface area (Å²) < 4.78 is 5.77. The van der Waals surface area contributed by atoms with Crippen molar-refractivity contribution in [1.82, 2.24) is 5.32 Å². The van der Waals surface area contributed by atoms with Gasteiger partial charge in [0.1, 0.15) is 12.4 Å². The first-order valence-electron chi connectivity index (χ1n) is 8.97. The maximum Gasteiger partial charge on any atom is 0.233 e. The average Bonchev–Trinajstić information content (AvgIpc) is 2.70. The van der Waals surface area contributed by atoms with Gasteiger partial charge in [-0.05, 0) is 53.6 Å². The van der Waals surface area contributed by atoms with Gasteiger partial charge in [0.25, 0.3) is 0 Å². The van der Waals surface area contributed by atoms with Crippen molar-refractivity contribution >= 4 is 40.0 Å². The van der Waals surface area contributed by atoms with Gasteiger partial charge in [-0.1, -0.05) is 48.9 Å². The van der Waals surface area contributed by atoms with Gasteiger partial charge in [-0.2, -0.15) is 0 Å². The van der Waals surface area contributed by atoms with E-state index in [2.05, 4.69) is 17.4 Å². The Morgan fingerprint density at radius 1 is 1.07 bits per heavy atom. The Morgan fingerprint density at radius 2 is 1.81 bits per heavy atom. The standard InChI is InChI=1S/C22H22ClNO2S/c1-2-21(27-20-11-8-18(23)9-12-20)22(25)24-13-14-26-19-10-7-16-5-3-4-6-17(16)15-19/h3-12,15,21H,2,13-14H2,1H3,(H,24,25). The molecule has 0 aliphatic carbocycles. The zero-order valence-electron chi connectivity index (χ0n) is 15.2. The highest BCUT2D eigenvalue weighted by atomic mass is 35.5. The zero-order chi connectivity index (χ0) is 19.1. The number of thioether (sulfide) groups is 1. The molecule has 140 valence electrons. The lowest BCUT2D eigenvalue weighted by Gasteiger charge is -2.15. The molecule has 0 heterocycles. The SMILES string of the molecule is CCC(Sc1ccc(Cl)cc1)C(=O)NCCOc1ccc2ccccc2c1. The number of ether oxygens (including phenoxy) is 1. The average molecular weight is 400 g/mol. The smallest absolute Gasteiger partial charge is 0.233 e. The number of hydrogen-bond donors (Lipinski definition) is 1. The summed E-state index contributed by atoms with van der Waals surface area (Å²) in [5.41, 5.74) is 0. The van der Waals surface area contributed by atoms with Crippen molar-refractivity contribution in [1.29, 1.82) is 0 Å². The Balaban J connectivity index is 1.46. The monoisotopic (exact) mass is 399 g/mol. The molecule has 1 unspecified atom stereocenters. The molecule has 0 aliphatic rings. The third kappa shape index (κ3) is 5.65. The molecule has 3 nitrogen and oxygen atoms in total. The third-order valence-electron chi connectivity index (χ3n) is 4.15. The highest BCUT2D eigenvalue weighted by Crippen LogP contribution is 2.26. The van der Waals surface area contributed by atoms with Crippen molar-refractivity contribution in [2.24, 2.45) is 0 Å². The lowest BCUT2D eigenvalue weighted by Crippen LogP contribution is -2.35. The van der Waals surface area contributed by atoms with Gasteiger partial charge in [0.15, 0.2) is 0 Å². The second-order valence-electron chi connectivity index (χ2n) is 6.12. The van der Waals surface area contributed by atoms with Crippen molar-refractivity contribution in [2.45, 2.75) is 23.5 Å². The maximum atomic E-state index is 12.4. The fourth-order valence-electron chi connectivity index (χ4n) is 2.71. The molecule has 0 radical (unpaired) electrons. The maximum absolute atomic E-state index is 12.4. The van der Waals surface area contributed by atoms with Crippen LogP contribution in [0.2, 0.25) is 5.02 Å². The van der Waals surface area contributed by atoms with Gasteiger partial charge in [-0.15, -0.1) is 11.8 Å². The number of nitrogens with one attached hydrogen (secondary N) is 1. The van der Waals surface area contributed by atoms with Crippen molar-refractivity contribution in [3.05, 3.63) is 71.8 Å². The molecule has 5 heteroatoms. The van der Waals surface area contributed by atoms with Crippen LogP contribution in [0, 0.1) is 0 Å². The minimum atomic E-state index is -0.133. The topological polar surface area (TPSA) is 38.3 Å². The number of rotatable bonds is 8. The minimum Gasteiger partial charge on any atom is -0.492 e. The van der Waals surface area contributed by atoms with Crippen LogP contribution in [0.5, 0.6) is 5.75 Å². The van der Waals surface area contributed by atoms with Gasteiger partial charge >= 0.3 is 0 Å². The van der Waals surface area contributed by atoms with Crippen LogP contribution in [0.3, 0.4) is 0 Å². The molecule has 0 saturated carbocycles. The molecule has 0 aromatic heterocycles. The molecule has 3 aromatic rings. The van der Waals surface area contributed by atoms with E-state index in [0.29, 0.717) is 18.2 Å². The van der Waals surface area contributed by atoms with Crippen molar-refractivity contribution in [3.63, 3.8) is 0 Å². The van der Waals surface area contributed by atoms with Crippen molar-refractivity contribution in [2.75, 3.05) is 13.2 Å². The number of amides is 1. The van der Waals surface area contributed by atoms with Crippen molar-refractivity contribution in [3.8, 4) is 5.75 Å². The Labute approximate surface area is 169 Å². The minimum absolute atomic E-state index is 0.0274. The van der Waals surface area contributed by atoms with Crippen LogP contribution in [0.1, 0.15) is 13.3 Å². The summed E-state index contributed by atoms with van der Waals surface area (Å²) in [5.74, 6) is 0.838. The van der Waals surface area contributed by atoms with Crippen LogP contribution >= 0.6 is 23.4 Å². The summed E-state index contributed by atoms with van der Waals surface area (Å²) in [7, 11) is 0. The summed E-state index contributed by atoms with van der Waals surface area (Å²) in [4.78, 5) is 13.5. The summed E-state index contributed by atoms with van der Waals surface area (Å²) in [6.07, 6.45) is 0.755. The van der Waals surface area contributed by atoms with E-state index in [1.165, 1.54) is 5.39 Å². The fraction of sp³-hybridized carbons (Fsp3) is 0.227. The van der Waals surface area contributed by atoms with Crippen LogP contribution in [0.25, 0.3) is 10.8 Å². The lowest BCUT2D eigenvalue weighted by molar-refractivity contribution is -0.120. The van der Waals surface area contributed by atoms with E-state index in [1.54, 1.807) is 11.8 Å². The predicted molar refractivity (Wildman–Crippen MR) is 114 cm³/mol. The summed E-state index contributed by atoms with van der Waals surface area (Å²) in [6, 6.07) is 21.7. The molecule has 3 aromatic carbocycles. The molecule has 3 rings (SSSR count). The van der Waals surface area contributed by atoms with Crippen LogP contribution in [-0.4, -0.2) is 24.3 Å². The number of carbonyl (C=O) groups is 1. The van der Waals surface area contributed by atoms with Crippen LogP contribution < -0.4 is 10.1 Å². The zero-order valence-corrected chi connectivity index (χ0v) is 16.7. The van der Waals surface area contributed by atoms with Gasteiger partial charge in [-0.3, -0.25) is 4.79 Å². The number of hydrogen-bond acceptors (Lipinski definition) is 3.